The molecule has 0 atom stereocenters. The van der Waals surface area contributed by atoms with Crippen LogP contribution in [0.3, 0.4) is 0 Å². The van der Waals surface area contributed by atoms with Crippen LogP contribution in [0.15, 0.2) is 30.2 Å². The van der Waals surface area contributed by atoms with Crippen LogP contribution in [-0.4, -0.2) is 12.6 Å². The molecule has 0 aliphatic carbocycles. The summed E-state index contributed by atoms with van der Waals surface area (Å²) in [5.41, 5.74) is 0.107. The normalized spacial score (nSPS) is 10.4. The standard InChI is InChI=1S/C10H11NO4.Na/c1-2-15-10(13)9(12)7-8-5-3-4-6-11(8)14;/h3-7,12H,2H2,1H3;/q;+1/p-1/b9-7-;. The Hall–Kier alpha value is -1.04. The predicted molar refractivity (Wildman–Crippen MR) is 50.0 cm³/mol. The molecule has 0 saturated heterocycles. The van der Waals surface area contributed by atoms with E-state index in [0.29, 0.717) is 4.73 Å². The van der Waals surface area contributed by atoms with Crippen LogP contribution in [0.25, 0.3) is 6.08 Å². The van der Waals surface area contributed by atoms with Crippen molar-refractivity contribution in [3.8, 4) is 0 Å². The third kappa shape index (κ3) is 4.22. The number of carbonyl (C=O) groups excluding carboxylic acids is 1. The maximum atomic E-state index is 11.2. The molecule has 0 aliphatic heterocycles. The Morgan fingerprint density at radius 1 is 1.56 bits per heavy atom. The van der Waals surface area contributed by atoms with Crippen LogP contribution >= 0.6 is 0 Å². The van der Waals surface area contributed by atoms with Crippen molar-refractivity contribution in [1.82, 2.24) is 0 Å². The van der Waals surface area contributed by atoms with Crippen LogP contribution < -0.4 is 39.4 Å². The van der Waals surface area contributed by atoms with Crippen molar-refractivity contribution in [3.05, 3.63) is 41.1 Å². The molecular formula is C10H10NNaO4. The van der Waals surface area contributed by atoms with E-state index in [1.165, 1.54) is 18.3 Å². The minimum atomic E-state index is -0.957. The Morgan fingerprint density at radius 2 is 2.25 bits per heavy atom. The second kappa shape index (κ2) is 7.27. The average molecular weight is 231 g/mol. The summed E-state index contributed by atoms with van der Waals surface area (Å²) in [6, 6.07) is 4.56. The molecule has 0 radical (unpaired) electrons. The van der Waals surface area contributed by atoms with E-state index in [2.05, 4.69) is 4.74 Å². The van der Waals surface area contributed by atoms with Gasteiger partial charge in [0.25, 0.3) is 0 Å². The fourth-order valence-corrected chi connectivity index (χ4v) is 0.949. The number of carbonyl (C=O) groups is 1. The van der Waals surface area contributed by atoms with Crippen molar-refractivity contribution < 1.29 is 48.9 Å². The summed E-state index contributed by atoms with van der Waals surface area (Å²) in [5, 5.41) is 22.3. The van der Waals surface area contributed by atoms with Crippen molar-refractivity contribution in [2.45, 2.75) is 6.92 Å². The van der Waals surface area contributed by atoms with Crippen LogP contribution in [0.1, 0.15) is 12.6 Å². The topological polar surface area (TPSA) is 76.3 Å². The summed E-state index contributed by atoms with van der Waals surface area (Å²) in [6.45, 7) is 1.73. The molecule has 80 valence electrons. The summed E-state index contributed by atoms with van der Waals surface area (Å²) in [5.74, 6) is -1.80. The molecule has 0 N–H and O–H groups in total. The van der Waals surface area contributed by atoms with E-state index >= 15 is 0 Å². The average Bonchev–Trinajstić information content (AvgIpc) is 2.21. The maximum Gasteiger partial charge on any atom is 1.00 e. The van der Waals surface area contributed by atoms with Gasteiger partial charge in [-0.3, -0.25) is 0 Å². The van der Waals surface area contributed by atoms with Crippen molar-refractivity contribution >= 4 is 12.0 Å². The molecular weight excluding hydrogens is 221 g/mol. The molecule has 1 heterocycles. The van der Waals surface area contributed by atoms with Gasteiger partial charge in [0.15, 0.2) is 6.20 Å². The minimum absolute atomic E-state index is 0. The summed E-state index contributed by atoms with van der Waals surface area (Å²) >= 11 is 0. The summed E-state index contributed by atoms with van der Waals surface area (Å²) in [6.07, 6.45) is 2.19. The zero-order valence-electron chi connectivity index (χ0n) is 9.17. The molecule has 0 saturated carbocycles. The molecule has 6 heteroatoms. The summed E-state index contributed by atoms with van der Waals surface area (Å²) < 4.78 is 4.98. The number of hydrogen-bond acceptors (Lipinski definition) is 4. The van der Waals surface area contributed by atoms with E-state index in [4.69, 9.17) is 0 Å². The second-order valence-corrected chi connectivity index (χ2v) is 2.68. The molecule has 1 rings (SSSR count). The molecule has 0 spiro atoms. The van der Waals surface area contributed by atoms with Gasteiger partial charge < -0.3 is 15.1 Å². The first kappa shape index (κ1) is 15.0. The van der Waals surface area contributed by atoms with Crippen molar-refractivity contribution in [2.75, 3.05) is 6.61 Å². The zero-order chi connectivity index (χ0) is 11.3. The van der Waals surface area contributed by atoms with Crippen molar-refractivity contribution in [2.24, 2.45) is 0 Å². The molecule has 16 heavy (non-hydrogen) atoms. The number of esters is 1. The van der Waals surface area contributed by atoms with Gasteiger partial charge in [0, 0.05) is 18.2 Å². The van der Waals surface area contributed by atoms with Gasteiger partial charge in [-0.1, -0.05) is 0 Å². The Kier molecular flexibility index (Phi) is 6.80. The summed E-state index contributed by atoms with van der Waals surface area (Å²) in [7, 11) is 0. The van der Waals surface area contributed by atoms with Crippen LogP contribution in [0.5, 0.6) is 0 Å². The molecule has 0 fully saturated rings. The first-order valence-electron chi connectivity index (χ1n) is 4.39. The fourth-order valence-electron chi connectivity index (χ4n) is 0.949. The van der Waals surface area contributed by atoms with Crippen LogP contribution in [0.2, 0.25) is 0 Å². The van der Waals surface area contributed by atoms with Crippen LogP contribution in [0, 0.1) is 5.21 Å². The van der Waals surface area contributed by atoms with E-state index in [0.717, 1.165) is 6.08 Å². The molecule has 1 aromatic rings. The van der Waals surface area contributed by atoms with Crippen molar-refractivity contribution in [3.63, 3.8) is 0 Å². The van der Waals surface area contributed by atoms with E-state index in [9.17, 15) is 15.1 Å². The summed E-state index contributed by atoms with van der Waals surface area (Å²) in [4.78, 5) is 10.9. The first-order valence-corrected chi connectivity index (χ1v) is 4.39. The maximum absolute atomic E-state index is 11.2. The molecule has 0 amide bonds. The van der Waals surface area contributed by atoms with Crippen LogP contribution in [0.4, 0.5) is 0 Å². The Labute approximate surface area is 115 Å². The van der Waals surface area contributed by atoms with Gasteiger partial charge in [-0.05, 0) is 18.7 Å². The molecule has 1 aromatic heterocycles. The molecule has 0 aliphatic rings. The number of rotatable bonds is 3. The number of hydrogen-bond donors (Lipinski definition) is 0. The second-order valence-electron chi connectivity index (χ2n) is 2.68. The zero-order valence-corrected chi connectivity index (χ0v) is 11.2. The molecule has 5 nitrogen and oxygen atoms in total. The minimum Gasteiger partial charge on any atom is -0.867 e. The monoisotopic (exact) mass is 231 g/mol. The smallest absolute Gasteiger partial charge is 0.867 e. The van der Waals surface area contributed by atoms with E-state index in [-0.39, 0.29) is 41.9 Å². The fraction of sp³-hybridized carbons (Fsp3) is 0.200. The Balaban J connectivity index is 0.00000225. The third-order valence-corrected chi connectivity index (χ3v) is 1.61. The van der Waals surface area contributed by atoms with Gasteiger partial charge in [0.05, 0.1) is 6.61 Å². The van der Waals surface area contributed by atoms with Crippen molar-refractivity contribution in [1.29, 1.82) is 0 Å². The largest absolute Gasteiger partial charge is 1.00 e. The third-order valence-electron chi connectivity index (χ3n) is 1.61. The SMILES string of the molecule is CCOC(=O)/C([O-])=C/c1cccc[n+]1[O-].[Na+]. The first-order chi connectivity index (χ1) is 7.15. The van der Waals surface area contributed by atoms with Gasteiger partial charge in [-0.15, -0.1) is 0 Å². The van der Waals surface area contributed by atoms with E-state index in [1.54, 1.807) is 13.0 Å². The molecule has 0 aromatic carbocycles. The quantitative estimate of drug-likeness (QED) is 0.136. The van der Waals surface area contributed by atoms with E-state index < -0.39 is 11.7 Å². The van der Waals surface area contributed by atoms with Gasteiger partial charge in [-0.2, -0.15) is 4.73 Å². The number of nitrogens with zero attached hydrogens (tertiary/aromatic N) is 1. The van der Waals surface area contributed by atoms with Gasteiger partial charge in [0.1, 0.15) is 0 Å². The van der Waals surface area contributed by atoms with Gasteiger partial charge in [-0.25, -0.2) is 4.79 Å². The Bertz CT molecular complexity index is 392. The number of pyridine rings is 1. The van der Waals surface area contributed by atoms with Gasteiger partial charge in [0.2, 0.25) is 5.69 Å². The molecule has 0 unspecified atom stereocenters. The Morgan fingerprint density at radius 3 is 2.81 bits per heavy atom. The number of ether oxygens (including phenoxy) is 1. The number of aromatic nitrogens is 1. The predicted octanol–water partition coefficient (Wildman–Crippen LogP) is -3.41. The van der Waals surface area contributed by atoms with Gasteiger partial charge >= 0.3 is 35.5 Å². The van der Waals surface area contributed by atoms with Crippen LogP contribution in [-0.2, 0) is 9.53 Å². The van der Waals surface area contributed by atoms with E-state index in [1.807, 2.05) is 0 Å². The molecule has 0 bridgehead atoms.